The minimum Gasteiger partial charge on any atom is -0.488 e. The van der Waals surface area contributed by atoms with Crippen molar-refractivity contribution in [2.24, 2.45) is 0 Å². The van der Waals surface area contributed by atoms with E-state index >= 15 is 0 Å². The second-order valence-electron chi connectivity index (χ2n) is 8.73. The zero-order chi connectivity index (χ0) is 23.0. The Balaban J connectivity index is 1.78. The van der Waals surface area contributed by atoms with Crippen LogP contribution in [0.2, 0.25) is 0 Å². The number of carbonyl (C=O) groups is 1. The molecule has 3 rings (SSSR count). The topological polar surface area (TPSA) is 47.6 Å². The third-order valence-electron chi connectivity index (χ3n) is 4.82. The summed E-state index contributed by atoms with van der Waals surface area (Å²) >= 11 is 3.66. The maximum Gasteiger partial charge on any atom is 0.176 e. The van der Waals surface area contributed by atoms with Crippen LogP contribution < -0.4 is 10.1 Å². The van der Waals surface area contributed by atoms with Crippen LogP contribution in [0.5, 0.6) is 5.75 Å². The number of nitrogens with one attached hydrogen (secondary N) is 1. The van der Waals surface area contributed by atoms with Crippen LogP contribution in [0, 0.1) is 0 Å². The minimum absolute atomic E-state index is 0.0151. The lowest BCUT2D eigenvalue weighted by molar-refractivity contribution is 0.0978. The quantitative estimate of drug-likeness (QED) is 0.334. The van der Waals surface area contributed by atoms with Crippen LogP contribution in [-0.2, 0) is 24.6 Å². The van der Waals surface area contributed by atoms with Crippen LogP contribution in [0.4, 0.5) is 0 Å². The summed E-state index contributed by atoms with van der Waals surface area (Å²) in [5.74, 6) is 0.648. The van der Waals surface area contributed by atoms with Crippen LogP contribution in [0.1, 0.15) is 47.8 Å². The second kappa shape index (κ2) is 11.4. The summed E-state index contributed by atoms with van der Waals surface area (Å²) in [7, 11) is 0. The molecule has 4 nitrogen and oxygen atoms in total. The molecule has 3 aromatic carbocycles. The summed E-state index contributed by atoms with van der Waals surface area (Å²) < 4.78 is 12.8. The van der Waals surface area contributed by atoms with Crippen molar-refractivity contribution in [3.63, 3.8) is 0 Å². The highest BCUT2D eigenvalue weighted by Gasteiger charge is 2.17. The molecular weight excluding hydrogens is 466 g/mol. The van der Waals surface area contributed by atoms with E-state index in [9.17, 15) is 4.79 Å². The zero-order valence-electron chi connectivity index (χ0n) is 18.9. The van der Waals surface area contributed by atoms with Crippen molar-refractivity contribution >= 4 is 21.7 Å². The summed E-state index contributed by atoms with van der Waals surface area (Å²) in [4.78, 5) is 12.9. The van der Waals surface area contributed by atoms with Gasteiger partial charge in [0.2, 0.25) is 0 Å². The van der Waals surface area contributed by atoms with Gasteiger partial charge in [0, 0.05) is 11.1 Å². The van der Waals surface area contributed by atoms with Gasteiger partial charge in [-0.2, -0.15) is 0 Å². The van der Waals surface area contributed by atoms with Crippen LogP contribution in [-0.4, -0.2) is 17.9 Å². The van der Waals surface area contributed by atoms with Gasteiger partial charge in [0.15, 0.2) is 5.78 Å². The number of hydrogen-bond donors (Lipinski definition) is 1. The molecular formula is C27H30BrNO3. The Morgan fingerprint density at radius 2 is 1.47 bits per heavy atom. The predicted molar refractivity (Wildman–Crippen MR) is 132 cm³/mol. The fourth-order valence-electron chi connectivity index (χ4n) is 3.06. The molecule has 0 spiro atoms. The number of carbonyl (C=O) groups excluding carboxylic acids is 1. The summed E-state index contributed by atoms with van der Waals surface area (Å²) in [5.41, 5.74) is 3.51. The zero-order valence-corrected chi connectivity index (χ0v) is 20.4. The highest BCUT2D eigenvalue weighted by Crippen LogP contribution is 2.32. The fourth-order valence-corrected chi connectivity index (χ4v) is 3.52. The van der Waals surface area contributed by atoms with Gasteiger partial charge in [0.1, 0.15) is 12.4 Å². The van der Waals surface area contributed by atoms with E-state index < -0.39 is 0 Å². The third kappa shape index (κ3) is 7.59. The molecule has 0 amide bonds. The van der Waals surface area contributed by atoms with Crippen LogP contribution in [0.25, 0.3) is 0 Å². The van der Waals surface area contributed by atoms with Crippen molar-refractivity contribution in [3.05, 3.63) is 99.5 Å². The van der Waals surface area contributed by atoms with Gasteiger partial charge in [0.05, 0.1) is 24.2 Å². The minimum atomic E-state index is -0.140. The van der Waals surface area contributed by atoms with Gasteiger partial charge in [0.25, 0.3) is 0 Å². The van der Waals surface area contributed by atoms with E-state index in [2.05, 4.69) is 21.2 Å². The Hall–Kier alpha value is -2.47. The molecule has 0 atom stereocenters. The van der Waals surface area contributed by atoms with Gasteiger partial charge in [-0.25, -0.2) is 0 Å². The number of rotatable bonds is 10. The first-order valence-electron chi connectivity index (χ1n) is 10.7. The number of benzene rings is 3. The van der Waals surface area contributed by atoms with Crippen molar-refractivity contribution in [2.45, 2.75) is 46.1 Å². The smallest absolute Gasteiger partial charge is 0.176 e. The van der Waals surface area contributed by atoms with Crippen LogP contribution >= 0.6 is 15.9 Å². The normalized spacial score (nSPS) is 11.4. The van der Waals surface area contributed by atoms with Crippen LogP contribution in [0.15, 0.2) is 77.3 Å². The fraction of sp³-hybridized carbons (Fsp3) is 0.296. The molecule has 0 saturated carbocycles. The van der Waals surface area contributed by atoms with Crippen molar-refractivity contribution in [1.82, 2.24) is 5.32 Å². The summed E-state index contributed by atoms with van der Waals surface area (Å²) in [6.45, 7) is 7.66. The molecule has 0 unspecified atom stereocenters. The number of halogens is 1. The molecule has 5 heteroatoms. The van der Waals surface area contributed by atoms with E-state index in [0.29, 0.717) is 31.1 Å². The average molecular weight is 496 g/mol. The lowest BCUT2D eigenvalue weighted by Gasteiger charge is -2.20. The van der Waals surface area contributed by atoms with Gasteiger partial charge in [-0.15, -0.1) is 0 Å². The molecule has 1 N–H and O–H groups in total. The number of ether oxygens (including phenoxy) is 2. The molecule has 3 aromatic rings. The Kier molecular flexibility index (Phi) is 8.62. The summed E-state index contributed by atoms with van der Waals surface area (Å²) in [5, 5.41) is 3.26. The van der Waals surface area contributed by atoms with E-state index in [-0.39, 0.29) is 17.9 Å². The molecule has 0 fully saturated rings. The summed E-state index contributed by atoms with van der Waals surface area (Å²) in [6, 6.07) is 23.7. The first kappa shape index (κ1) is 24.2. The molecule has 0 bridgehead atoms. The number of hydrogen-bond acceptors (Lipinski definition) is 4. The maximum atomic E-state index is 12.9. The van der Waals surface area contributed by atoms with Gasteiger partial charge in [-0.1, -0.05) is 60.7 Å². The summed E-state index contributed by atoms with van der Waals surface area (Å²) in [6.07, 6.45) is 0. The first-order chi connectivity index (χ1) is 15.3. The van der Waals surface area contributed by atoms with E-state index in [1.165, 1.54) is 0 Å². The Bertz CT molecular complexity index is 1010. The van der Waals surface area contributed by atoms with E-state index in [1.54, 1.807) is 6.07 Å². The highest BCUT2D eigenvalue weighted by molar-refractivity contribution is 9.10. The number of ketones is 1. The van der Waals surface area contributed by atoms with Crippen molar-refractivity contribution in [2.75, 3.05) is 6.54 Å². The Labute approximate surface area is 199 Å². The van der Waals surface area contributed by atoms with Crippen molar-refractivity contribution in [3.8, 4) is 5.75 Å². The first-order valence-corrected chi connectivity index (χ1v) is 11.5. The van der Waals surface area contributed by atoms with E-state index in [1.807, 2.05) is 87.5 Å². The maximum absolute atomic E-state index is 12.9. The molecule has 0 saturated heterocycles. The number of Topliss-reactive ketones (excluding diaryl/α,β-unsaturated/α-hetero) is 1. The lowest BCUT2D eigenvalue weighted by Crippen LogP contribution is -2.39. The molecule has 168 valence electrons. The SMILES string of the molecule is CC(C)(C)NCC(=O)c1cc(COCc2ccccc2)c(Br)c(OCc2ccccc2)c1. The lowest BCUT2D eigenvalue weighted by atomic mass is 10.0. The van der Waals surface area contributed by atoms with Crippen molar-refractivity contribution < 1.29 is 14.3 Å². The van der Waals surface area contributed by atoms with Gasteiger partial charge in [-0.05, 0) is 65.5 Å². The third-order valence-corrected chi connectivity index (χ3v) is 5.72. The molecule has 0 radical (unpaired) electrons. The monoisotopic (exact) mass is 495 g/mol. The van der Waals surface area contributed by atoms with E-state index in [0.717, 1.165) is 21.2 Å². The van der Waals surface area contributed by atoms with Gasteiger partial charge >= 0.3 is 0 Å². The molecule has 0 heterocycles. The van der Waals surface area contributed by atoms with Gasteiger partial charge in [-0.3, -0.25) is 4.79 Å². The van der Waals surface area contributed by atoms with Crippen molar-refractivity contribution in [1.29, 1.82) is 0 Å². The molecule has 32 heavy (non-hydrogen) atoms. The highest BCUT2D eigenvalue weighted by atomic mass is 79.9. The Morgan fingerprint density at radius 1 is 0.875 bits per heavy atom. The van der Waals surface area contributed by atoms with E-state index in [4.69, 9.17) is 9.47 Å². The molecule has 0 aromatic heterocycles. The Morgan fingerprint density at radius 3 is 2.06 bits per heavy atom. The molecule has 0 aliphatic heterocycles. The average Bonchev–Trinajstić information content (AvgIpc) is 2.78. The predicted octanol–water partition coefficient (Wildman–Crippen LogP) is 6.32. The van der Waals surface area contributed by atoms with Crippen LogP contribution in [0.3, 0.4) is 0 Å². The standard InChI is InChI=1S/C27H30BrNO3/c1-27(2,3)29-16-24(30)22-14-23(19-31-17-20-10-6-4-7-11-20)26(28)25(15-22)32-18-21-12-8-5-9-13-21/h4-15,29H,16-19H2,1-3H3. The largest absolute Gasteiger partial charge is 0.488 e. The molecule has 0 aliphatic carbocycles. The molecule has 0 aliphatic rings. The second-order valence-corrected chi connectivity index (χ2v) is 9.52. The van der Waals surface area contributed by atoms with Gasteiger partial charge < -0.3 is 14.8 Å².